The van der Waals surface area contributed by atoms with E-state index in [4.69, 9.17) is 0 Å². The van der Waals surface area contributed by atoms with Gasteiger partial charge < -0.3 is 15.7 Å². The third-order valence-corrected chi connectivity index (χ3v) is 2.84. The molecule has 0 spiro atoms. The van der Waals surface area contributed by atoms with Crippen LogP contribution in [0.2, 0.25) is 0 Å². The van der Waals surface area contributed by atoms with E-state index >= 15 is 0 Å². The fourth-order valence-electron chi connectivity index (χ4n) is 2.01. The predicted octanol–water partition coefficient (Wildman–Crippen LogP) is 1.25. The first kappa shape index (κ1) is 13.3. The van der Waals surface area contributed by atoms with Crippen LogP contribution in [0.3, 0.4) is 0 Å². The van der Waals surface area contributed by atoms with Gasteiger partial charge in [-0.3, -0.25) is 4.99 Å². The molecule has 1 saturated carbocycles. The first-order chi connectivity index (χ1) is 7.56. The van der Waals surface area contributed by atoms with Gasteiger partial charge in [0.2, 0.25) is 0 Å². The fourth-order valence-corrected chi connectivity index (χ4v) is 2.01. The highest BCUT2D eigenvalue weighted by molar-refractivity contribution is 5.80. The van der Waals surface area contributed by atoms with E-state index in [-0.39, 0.29) is 0 Å². The van der Waals surface area contributed by atoms with Crippen molar-refractivity contribution in [2.75, 3.05) is 13.1 Å². The summed E-state index contributed by atoms with van der Waals surface area (Å²) in [7, 11) is 0. The van der Waals surface area contributed by atoms with Gasteiger partial charge in [0.25, 0.3) is 0 Å². The summed E-state index contributed by atoms with van der Waals surface area (Å²) in [5, 5.41) is 16.6. The molecule has 4 heteroatoms. The highest BCUT2D eigenvalue weighted by atomic mass is 16.3. The van der Waals surface area contributed by atoms with Crippen molar-refractivity contribution in [3.05, 3.63) is 0 Å². The lowest BCUT2D eigenvalue weighted by Crippen LogP contribution is -2.42. The Balaban J connectivity index is 2.49. The lowest BCUT2D eigenvalue weighted by molar-refractivity contribution is 0.0574. The molecule has 1 fully saturated rings. The van der Waals surface area contributed by atoms with E-state index in [1.165, 1.54) is 0 Å². The van der Waals surface area contributed by atoms with Crippen molar-refractivity contribution >= 4 is 5.96 Å². The molecule has 1 aliphatic carbocycles. The second-order valence-electron chi connectivity index (χ2n) is 4.93. The Hall–Kier alpha value is -0.770. The van der Waals surface area contributed by atoms with Crippen LogP contribution in [0.4, 0.5) is 0 Å². The van der Waals surface area contributed by atoms with Crippen LogP contribution in [-0.4, -0.2) is 35.8 Å². The highest BCUT2D eigenvalue weighted by Crippen LogP contribution is 2.29. The summed E-state index contributed by atoms with van der Waals surface area (Å²) in [5.41, 5.74) is -0.556. The van der Waals surface area contributed by atoms with Gasteiger partial charge in [-0.2, -0.15) is 0 Å². The Morgan fingerprint density at radius 3 is 2.50 bits per heavy atom. The van der Waals surface area contributed by atoms with E-state index in [1.54, 1.807) is 0 Å². The van der Waals surface area contributed by atoms with Crippen molar-refractivity contribution in [1.29, 1.82) is 0 Å². The molecule has 0 bridgehead atoms. The van der Waals surface area contributed by atoms with Gasteiger partial charge in [0, 0.05) is 12.6 Å². The molecule has 94 valence electrons. The Morgan fingerprint density at radius 2 is 2.00 bits per heavy atom. The number of nitrogens with one attached hydrogen (secondary N) is 2. The van der Waals surface area contributed by atoms with Crippen molar-refractivity contribution in [3.63, 3.8) is 0 Å². The topological polar surface area (TPSA) is 56.7 Å². The smallest absolute Gasteiger partial charge is 0.191 e. The Kier molecular flexibility index (Phi) is 5.06. The molecule has 16 heavy (non-hydrogen) atoms. The second-order valence-corrected chi connectivity index (χ2v) is 4.93. The van der Waals surface area contributed by atoms with Gasteiger partial charge >= 0.3 is 0 Å². The molecule has 0 atom stereocenters. The molecule has 0 unspecified atom stereocenters. The Morgan fingerprint density at radius 1 is 1.38 bits per heavy atom. The predicted molar refractivity (Wildman–Crippen MR) is 67.7 cm³/mol. The van der Waals surface area contributed by atoms with E-state index in [0.717, 1.165) is 38.2 Å². The maximum absolute atomic E-state index is 10.2. The number of aliphatic hydroxyl groups is 1. The van der Waals surface area contributed by atoms with Gasteiger partial charge in [0.05, 0.1) is 12.1 Å². The normalized spacial score (nSPS) is 20.2. The number of rotatable bonds is 4. The van der Waals surface area contributed by atoms with Crippen LogP contribution in [0.15, 0.2) is 4.99 Å². The number of aliphatic imine (C=N–C) groups is 1. The summed E-state index contributed by atoms with van der Waals surface area (Å²) in [6.07, 6.45) is 4.02. The molecule has 0 saturated heterocycles. The molecule has 0 aromatic carbocycles. The van der Waals surface area contributed by atoms with Crippen LogP contribution in [0.1, 0.15) is 46.5 Å². The van der Waals surface area contributed by atoms with E-state index in [9.17, 15) is 5.11 Å². The standard InChI is InChI=1S/C12H25N3O/c1-4-13-11(15-10(2)3)14-9-12(16)7-5-6-8-12/h10,16H,4-9H2,1-3H3,(H2,13,14,15). The molecule has 1 aliphatic rings. The monoisotopic (exact) mass is 227 g/mol. The van der Waals surface area contributed by atoms with Crippen molar-refractivity contribution in [1.82, 2.24) is 10.6 Å². The average molecular weight is 227 g/mol. The van der Waals surface area contributed by atoms with Crippen molar-refractivity contribution < 1.29 is 5.11 Å². The quantitative estimate of drug-likeness (QED) is 0.500. The molecule has 0 aliphatic heterocycles. The third-order valence-electron chi connectivity index (χ3n) is 2.84. The summed E-state index contributed by atoms with van der Waals surface area (Å²) in [6, 6.07) is 0.357. The molecular weight excluding hydrogens is 202 g/mol. The molecular formula is C12H25N3O. The van der Waals surface area contributed by atoms with Gasteiger partial charge in [-0.1, -0.05) is 12.8 Å². The Bertz CT molecular complexity index is 232. The van der Waals surface area contributed by atoms with Crippen LogP contribution in [0.25, 0.3) is 0 Å². The van der Waals surface area contributed by atoms with Crippen LogP contribution in [0.5, 0.6) is 0 Å². The van der Waals surface area contributed by atoms with Crippen LogP contribution >= 0.6 is 0 Å². The fraction of sp³-hybridized carbons (Fsp3) is 0.917. The minimum absolute atomic E-state index is 0.357. The van der Waals surface area contributed by atoms with E-state index in [2.05, 4.69) is 29.5 Å². The summed E-state index contributed by atoms with van der Waals surface area (Å²) < 4.78 is 0. The summed E-state index contributed by atoms with van der Waals surface area (Å²) in [4.78, 5) is 4.45. The van der Waals surface area contributed by atoms with Gasteiger partial charge in [0.15, 0.2) is 5.96 Å². The number of guanidine groups is 1. The van der Waals surface area contributed by atoms with Gasteiger partial charge in [0.1, 0.15) is 0 Å². The second kappa shape index (κ2) is 6.09. The summed E-state index contributed by atoms with van der Waals surface area (Å²) in [5.74, 6) is 0.804. The molecule has 0 heterocycles. The van der Waals surface area contributed by atoms with Gasteiger partial charge in [-0.05, 0) is 33.6 Å². The van der Waals surface area contributed by atoms with E-state index in [1.807, 2.05) is 6.92 Å². The van der Waals surface area contributed by atoms with Crippen LogP contribution in [0, 0.1) is 0 Å². The molecule has 1 rings (SSSR count). The van der Waals surface area contributed by atoms with Crippen molar-refractivity contribution in [2.45, 2.75) is 58.1 Å². The number of nitrogens with zero attached hydrogens (tertiary/aromatic N) is 1. The molecule has 4 nitrogen and oxygen atoms in total. The SMILES string of the molecule is CCNC(=NCC1(O)CCCC1)NC(C)C. The van der Waals surface area contributed by atoms with E-state index in [0.29, 0.717) is 12.6 Å². The zero-order valence-electron chi connectivity index (χ0n) is 10.7. The minimum Gasteiger partial charge on any atom is -0.388 e. The average Bonchev–Trinajstić information content (AvgIpc) is 2.62. The number of hydrogen-bond donors (Lipinski definition) is 3. The lowest BCUT2D eigenvalue weighted by Gasteiger charge is -2.21. The maximum Gasteiger partial charge on any atom is 0.191 e. The molecule has 0 radical (unpaired) electrons. The van der Waals surface area contributed by atoms with E-state index < -0.39 is 5.60 Å². The van der Waals surface area contributed by atoms with Gasteiger partial charge in [-0.15, -0.1) is 0 Å². The Labute approximate surface area is 98.5 Å². The largest absolute Gasteiger partial charge is 0.388 e. The third kappa shape index (κ3) is 4.39. The first-order valence-electron chi connectivity index (χ1n) is 6.33. The van der Waals surface area contributed by atoms with Crippen LogP contribution < -0.4 is 10.6 Å². The molecule has 0 amide bonds. The zero-order chi connectivity index (χ0) is 12.0. The van der Waals surface area contributed by atoms with Crippen LogP contribution in [-0.2, 0) is 0 Å². The highest BCUT2D eigenvalue weighted by Gasteiger charge is 2.30. The molecule has 3 N–H and O–H groups in total. The maximum atomic E-state index is 10.2. The lowest BCUT2D eigenvalue weighted by atomic mass is 10.0. The molecule has 0 aromatic heterocycles. The zero-order valence-corrected chi connectivity index (χ0v) is 10.7. The minimum atomic E-state index is -0.556. The molecule has 0 aromatic rings. The van der Waals surface area contributed by atoms with Crippen molar-refractivity contribution in [3.8, 4) is 0 Å². The first-order valence-corrected chi connectivity index (χ1v) is 6.33. The van der Waals surface area contributed by atoms with Crippen molar-refractivity contribution in [2.24, 2.45) is 4.99 Å². The van der Waals surface area contributed by atoms with Gasteiger partial charge in [-0.25, -0.2) is 0 Å². The summed E-state index contributed by atoms with van der Waals surface area (Å²) >= 11 is 0. The summed E-state index contributed by atoms with van der Waals surface area (Å²) in [6.45, 7) is 7.56. The number of hydrogen-bond acceptors (Lipinski definition) is 2.